The van der Waals surface area contributed by atoms with Gasteiger partial charge in [-0.2, -0.15) is 0 Å². The van der Waals surface area contributed by atoms with E-state index >= 15 is 0 Å². The van der Waals surface area contributed by atoms with Gasteiger partial charge >= 0.3 is 5.97 Å². The lowest BCUT2D eigenvalue weighted by Crippen LogP contribution is -2.50. The molecule has 1 aliphatic rings. The molecule has 0 saturated carbocycles. The van der Waals surface area contributed by atoms with Crippen molar-refractivity contribution in [2.45, 2.75) is 51.9 Å². The number of hydrogen-bond acceptors (Lipinski definition) is 4. The number of rotatable bonds is 4. The Morgan fingerprint density at radius 2 is 2.06 bits per heavy atom. The molecule has 3 atom stereocenters. The summed E-state index contributed by atoms with van der Waals surface area (Å²) in [5, 5.41) is 11.5. The van der Waals surface area contributed by atoms with E-state index in [9.17, 15) is 9.59 Å². The minimum atomic E-state index is -0.949. The average molecular weight is 258 g/mol. The Morgan fingerprint density at radius 3 is 2.50 bits per heavy atom. The summed E-state index contributed by atoms with van der Waals surface area (Å²) in [5.41, 5.74) is 5.51. The van der Waals surface area contributed by atoms with E-state index in [-0.39, 0.29) is 17.4 Å². The largest absolute Gasteiger partial charge is 0.479 e. The summed E-state index contributed by atoms with van der Waals surface area (Å²) in [6.45, 7) is 5.99. The molecule has 18 heavy (non-hydrogen) atoms. The topological polar surface area (TPSA) is 102 Å². The quantitative estimate of drug-likeness (QED) is 0.664. The normalized spacial score (nSPS) is 25.8. The lowest BCUT2D eigenvalue weighted by molar-refractivity contribution is -0.149. The first kappa shape index (κ1) is 14.9. The van der Waals surface area contributed by atoms with Crippen molar-refractivity contribution in [2.75, 3.05) is 6.54 Å². The Bertz CT molecular complexity index is 325. The molecule has 1 heterocycles. The van der Waals surface area contributed by atoms with E-state index < -0.39 is 18.1 Å². The molecule has 2 unspecified atom stereocenters. The van der Waals surface area contributed by atoms with Crippen molar-refractivity contribution in [1.29, 1.82) is 0 Å². The second-order valence-electron chi connectivity index (χ2n) is 5.75. The zero-order valence-corrected chi connectivity index (χ0v) is 11.1. The number of carboxylic acids is 1. The van der Waals surface area contributed by atoms with Crippen molar-refractivity contribution in [2.24, 2.45) is 11.1 Å². The predicted octanol–water partition coefficient (Wildman–Crippen LogP) is 0.108. The summed E-state index contributed by atoms with van der Waals surface area (Å²) in [4.78, 5) is 22.4. The number of nitrogens with two attached hydrogens (primary N) is 1. The van der Waals surface area contributed by atoms with Gasteiger partial charge in [0.2, 0.25) is 5.91 Å². The molecule has 0 spiro atoms. The van der Waals surface area contributed by atoms with Crippen LogP contribution in [0.3, 0.4) is 0 Å². The first-order valence-corrected chi connectivity index (χ1v) is 6.13. The van der Waals surface area contributed by atoms with Crippen molar-refractivity contribution in [3.8, 4) is 0 Å². The van der Waals surface area contributed by atoms with Gasteiger partial charge in [0.15, 0.2) is 6.10 Å². The van der Waals surface area contributed by atoms with E-state index in [4.69, 9.17) is 15.6 Å². The summed E-state index contributed by atoms with van der Waals surface area (Å²) in [6, 6.07) is -0.589. The van der Waals surface area contributed by atoms with E-state index in [0.29, 0.717) is 19.4 Å². The SMILES string of the molecule is CC(C)(C)[C@H](N)C(=O)NCC1CCC(C(=O)O)O1. The highest BCUT2D eigenvalue weighted by molar-refractivity contribution is 5.82. The Hall–Kier alpha value is -1.14. The third-order valence-electron chi connectivity index (χ3n) is 3.10. The van der Waals surface area contributed by atoms with Crippen LogP contribution in [0.2, 0.25) is 0 Å². The number of ether oxygens (including phenoxy) is 1. The zero-order valence-electron chi connectivity index (χ0n) is 11.1. The van der Waals surface area contributed by atoms with Gasteiger partial charge in [-0.3, -0.25) is 4.79 Å². The molecule has 6 nitrogen and oxygen atoms in total. The van der Waals surface area contributed by atoms with Crippen LogP contribution in [-0.2, 0) is 14.3 Å². The van der Waals surface area contributed by atoms with Crippen molar-refractivity contribution < 1.29 is 19.4 Å². The van der Waals surface area contributed by atoms with Crippen LogP contribution in [0.15, 0.2) is 0 Å². The van der Waals surface area contributed by atoms with Gasteiger partial charge < -0.3 is 20.9 Å². The Balaban J connectivity index is 2.34. The van der Waals surface area contributed by atoms with Crippen LogP contribution < -0.4 is 11.1 Å². The molecule has 0 aliphatic carbocycles. The van der Waals surface area contributed by atoms with Gasteiger partial charge in [0.1, 0.15) is 0 Å². The molecule has 0 aromatic heterocycles. The molecule has 1 aliphatic heterocycles. The highest BCUT2D eigenvalue weighted by atomic mass is 16.5. The van der Waals surface area contributed by atoms with Crippen molar-refractivity contribution >= 4 is 11.9 Å². The Labute approximate surface area is 107 Å². The molecule has 4 N–H and O–H groups in total. The molecule has 0 aromatic rings. The second-order valence-corrected chi connectivity index (χ2v) is 5.75. The molecular formula is C12H22N2O4. The van der Waals surface area contributed by atoms with Crippen molar-refractivity contribution in [1.82, 2.24) is 5.32 Å². The first-order valence-electron chi connectivity index (χ1n) is 6.13. The number of nitrogens with one attached hydrogen (secondary N) is 1. The molecular weight excluding hydrogens is 236 g/mol. The van der Waals surface area contributed by atoms with Gasteiger partial charge in [-0.05, 0) is 18.3 Å². The fraction of sp³-hybridized carbons (Fsp3) is 0.833. The average Bonchev–Trinajstić information content (AvgIpc) is 2.72. The monoisotopic (exact) mass is 258 g/mol. The third-order valence-corrected chi connectivity index (χ3v) is 3.10. The number of carbonyl (C=O) groups is 2. The van der Waals surface area contributed by atoms with E-state index in [2.05, 4.69) is 5.32 Å². The Morgan fingerprint density at radius 1 is 1.44 bits per heavy atom. The third kappa shape index (κ3) is 3.96. The van der Waals surface area contributed by atoms with Crippen LogP contribution in [0.4, 0.5) is 0 Å². The van der Waals surface area contributed by atoms with Crippen molar-refractivity contribution in [3.05, 3.63) is 0 Å². The van der Waals surface area contributed by atoms with Gasteiger partial charge in [0.05, 0.1) is 12.1 Å². The van der Waals surface area contributed by atoms with Gasteiger partial charge in [-0.25, -0.2) is 4.79 Å². The minimum absolute atomic E-state index is 0.232. The summed E-state index contributed by atoms with van der Waals surface area (Å²) in [6.07, 6.45) is 0.147. The Kier molecular flexibility index (Phi) is 4.70. The van der Waals surface area contributed by atoms with Gasteiger partial charge in [0.25, 0.3) is 0 Å². The highest BCUT2D eigenvalue weighted by Gasteiger charge is 2.32. The smallest absolute Gasteiger partial charge is 0.332 e. The summed E-state index contributed by atoms with van der Waals surface area (Å²) in [5.74, 6) is -1.18. The van der Waals surface area contributed by atoms with E-state index in [1.807, 2.05) is 20.8 Å². The van der Waals surface area contributed by atoms with Crippen LogP contribution in [0.25, 0.3) is 0 Å². The molecule has 1 amide bonds. The maximum atomic E-state index is 11.8. The summed E-state index contributed by atoms with van der Waals surface area (Å²) >= 11 is 0. The van der Waals surface area contributed by atoms with Crippen LogP contribution in [0.1, 0.15) is 33.6 Å². The first-order chi connectivity index (χ1) is 8.21. The van der Waals surface area contributed by atoms with Crippen LogP contribution in [-0.4, -0.2) is 41.8 Å². The number of hydrogen-bond donors (Lipinski definition) is 3. The van der Waals surface area contributed by atoms with Crippen LogP contribution in [0, 0.1) is 5.41 Å². The maximum Gasteiger partial charge on any atom is 0.332 e. The number of carboxylic acid groups (broad SMARTS) is 1. The zero-order chi connectivity index (χ0) is 13.9. The molecule has 1 fully saturated rings. The number of carbonyl (C=O) groups excluding carboxylic acids is 1. The number of amides is 1. The van der Waals surface area contributed by atoms with E-state index in [1.54, 1.807) is 0 Å². The second kappa shape index (κ2) is 5.67. The molecule has 104 valence electrons. The minimum Gasteiger partial charge on any atom is -0.479 e. The molecule has 0 radical (unpaired) electrons. The molecule has 0 bridgehead atoms. The predicted molar refractivity (Wildman–Crippen MR) is 66.0 cm³/mol. The lowest BCUT2D eigenvalue weighted by Gasteiger charge is -2.26. The summed E-state index contributed by atoms with van der Waals surface area (Å²) < 4.78 is 5.28. The van der Waals surface area contributed by atoms with Crippen molar-refractivity contribution in [3.63, 3.8) is 0 Å². The fourth-order valence-corrected chi connectivity index (χ4v) is 1.76. The van der Waals surface area contributed by atoms with Gasteiger partial charge in [0, 0.05) is 6.54 Å². The standard InChI is InChI=1S/C12H22N2O4/c1-12(2,3)9(13)10(15)14-6-7-4-5-8(18-7)11(16)17/h7-9H,4-6,13H2,1-3H3,(H,14,15)(H,16,17)/t7?,8?,9-/m1/s1. The molecule has 1 saturated heterocycles. The van der Waals surface area contributed by atoms with E-state index in [1.165, 1.54) is 0 Å². The van der Waals surface area contributed by atoms with Crippen LogP contribution >= 0.6 is 0 Å². The molecule has 6 heteroatoms. The highest BCUT2D eigenvalue weighted by Crippen LogP contribution is 2.20. The summed E-state index contributed by atoms with van der Waals surface area (Å²) in [7, 11) is 0. The van der Waals surface area contributed by atoms with Gasteiger partial charge in [-0.1, -0.05) is 20.8 Å². The van der Waals surface area contributed by atoms with Crippen LogP contribution in [0.5, 0.6) is 0 Å². The maximum absolute atomic E-state index is 11.8. The molecule has 0 aromatic carbocycles. The number of aliphatic carboxylic acids is 1. The lowest BCUT2D eigenvalue weighted by atomic mass is 9.87. The van der Waals surface area contributed by atoms with Gasteiger partial charge in [-0.15, -0.1) is 0 Å². The van der Waals surface area contributed by atoms with E-state index in [0.717, 1.165) is 0 Å². The fourth-order valence-electron chi connectivity index (χ4n) is 1.76. The molecule has 1 rings (SSSR count).